The summed E-state index contributed by atoms with van der Waals surface area (Å²) in [5.41, 5.74) is 0.971. The molecule has 12 heteroatoms. The Labute approximate surface area is 271 Å². The Kier molecular flexibility index (Phi) is 14.0. The van der Waals surface area contributed by atoms with Gasteiger partial charge in [-0.15, -0.1) is 0 Å². The Morgan fingerprint density at radius 2 is 1.45 bits per heavy atom. The number of benzene rings is 2. The van der Waals surface area contributed by atoms with E-state index in [1.165, 1.54) is 37.8 Å². The van der Waals surface area contributed by atoms with Gasteiger partial charge in [-0.25, -0.2) is 26.3 Å². The Balaban J connectivity index is 0.000000223. The molecule has 0 bridgehead atoms. The van der Waals surface area contributed by atoms with Crippen molar-refractivity contribution in [3.63, 3.8) is 0 Å². The van der Waals surface area contributed by atoms with Gasteiger partial charge in [0, 0.05) is 24.0 Å². The van der Waals surface area contributed by atoms with Crippen molar-refractivity contribution in [3.8, 4) is 11.5 Å². The highest BCUT2D eigenvalue weighted by Crippen LogP contribution is 2.41. The van der Waals surface area contributed by atoms with E-state index in [2.05, 4.69) is 16.4 Å². The SMILES string of the molecule is CCCCCC1COC(C2CCC(c3ccc(OCF)c(F)c3)CC2)OC1.Fc1cc(OC(F)(F)C2CCC(F)CC2)cc(F)c1F. The van der Waals surface area contributed by atoms with Crippen LogP contribution in [0.4, 0.5) is 35.1 Å². The second kappa shape index (κ2) is 17.7. The lowest BCUT2D eigenvalue weighted by Gasteiger charge is -2.37. The zero-order valence-electron chi connectivity index (χ0n) is 26.6. The molecule has 264 valence electrons. The highest BCUT2D eigenvalue weighted by molar-refractivity contribution is 5.31. The molecule has 0 spiro atoms. The first-order chi connectivity index (χ1) is 22.5. The van der Waals surface area contributed by atoms with Crippen molar-refractivity contribution < 1.29 is 54.1 Å². The minimum atomic E-state index is -3.68. The van der Waals surface area contributed by atoms with Crippen LogP contribution in [0.3, 0.4) is 0 Å². The van der Waals surface area contributed by atoms with Crippen LogP contribution in [0.15, 0.2) is 30.3 Å². The first kappa shape index (κ1) is 37.2. The molecule has 2 aromatic carbocycles. The van der Waals surface area contributed by atoms with Crippen molar-refractivity contribution >= 4 is 0 Å². The van der Waals surface area contributed by atoms with Gasteiger partial charge < -0.3 is 18.9 Å². The summed E-state index contributed by atoms with van der Waals surface area (Å²) < 4.78 is 126. The zero-order chi connectivity index (χ0) is 34.0. The number of rotatable bonds is 11. The van der Waals surface area contributed by atoms with Crippen molar-refractivity contribution in [2.24, 2.45) is 17.8 Å². The van der Waals surface area contributed by atoms with Gasteiger partial charge in [0.25, 0.3) is 0 Å². The predicted octanol–water partition coefficient (Wildman–Crippen LogP) is 10.6. The Morgan fingerprint density at radius 1 is 0.809 bits per heavy atom. The summed E-state index contributed by atoms with van der Waals surface area (Å²) in [6, 6.07) is 5.58. The molecule has 3 fully saturated rings. The van der Waals surface area contributed by atoms with Gasteiger partial charge in [-0.1, -0.05) is 32.3 Å². The topological polar surface area (TPSA) is 36.9 Å². The maximum atomic E-state index is 14.0. The molecule has 4 nitrogen and oxygen atoms in total. The lowest BCUT2D eigenvalue weighted by Crippen LogP contribution is -2.38. The summed E-state index contributed by atoms with van der Waals surface area (Å²) >= 11 is 0. The van der Waals surface area contributed by atoms with Crippen molar-refractivity contribution in [3.05, 3.63) is 59.2 Å². The smallest absolute Gasteiger partial charge is 0.400 e. The maximum absolute atomic E-state index is 14.0. The van der Waals surface area contributed by atoms with Crippen molar-refractivity contribution in [1.29, 1.82) is 0 Å². The molecule has 0 atom stereocenters. The fourth-order valence-electron chi connectivity index (χ4n) is 6.57. The molecule has 0 N–H and O–H groups in total. The van der Waals surface area contributed by atoms with E-state index in [4.69, 9.17) is 9.47 Å². The third-order valence-corrected chi connectivity index (χ3v) is 9.35. The van der Waals surface area contributed by atoms with Crippen LogP contribution >= 0.6 is 0 Å². The van der Waals surface area contributed by atoms with E-state index < -0.39 is 54.1 Å². The van der Waals surface area contributed by atoms with Gasteiger partial charge >= 0.3 is 6.11 Å². The minimum Gasteiger partial charge on any atom is -0.460 e. The fraction of sp³-hybridized carbons (Fsp3) is 0.657. The van der Waals surface area contributed by atoms with E-state index in [0.29, 0.717) is 29.9 Å². The van der Waals surface area contributed by atoms with Gasteiger partial charge in [0.05, 0.1) is 19.1 Å². The van der Waals surface area contributed by atoms with Crippen LogP contribution in [0.2, 0.25) is 0 Å². The highest BCUT2D eigenvalue weighted by atomic mass is 19.3. The number of hydrogen-bond acceptors (Lipinski definition) is 4. The quantitative estimate of drug-likeness (QED) is 0.135. The van der Waals surface area contributed by atoms with E-state index in [0.717, 1.165) is 44.5 Å². The number of hydrogen-bond donors (Lipinski definition) is 0. The summed E-state index contributed by atoms with van der Waals surface area (Å²) in [4.78, 5) is 0. The molecule has 0 aromatic heterocycles. The van der Waals surface area contributed by atoms with Gasteiger partial charge in [0.1, 0.15) is 11.9 Å². The molecule has 1 saturated heterocycles. The van der Waals surface area contributed by atoms with Gasteiger partial charge in [-0.2, -0.15) is 8.78 Å². The standard InChI is InChI=1S/C22H32F2O3.C13H12F6O/c1-2-3-4-5-16-13-25-22(26-14-16)18-8-6-17(7-9-18)19-10-11-21(27-15-23)20(24)12-19;14-8-3-1-7(2-4-8)13(18,19)20-9-5-10(15)12(17)11(16)6-9/h10-12,16-18,22H,2-9,13-15H2,1H3;5-8H,1-4H2. The van der Waals surface area contributed by atoms with E-state index in [-0.39, 0.29) is 37.7 Å². The summed E-state index contributed by atoms with van der Waals surface area (Å²) in [5.74, 6) is -6.20. The van der Waals surface area contributed by atoms with Crippen LogP contribution in [-0.2, 0) is 9.47 Å². The molecule has 2 saturated carbocycles. The molecule has 5 rings (SSSR count). The third kappa shape index (κ3) is 10.7. The van der Waals surface area contributed by atoms with Gasteiger partial charge in [0.15, 0.2) is 35.3 Å². The average molecular weight is 681 g/mol. The van der Waals surface area contributed by atoms with E-state index in [1.54, 1.807) is 0 Å². The second-order valence-corrected chi connectivity index (χ2v) is 12.8. The summed E-state index contributed by atoms with van der Waals surface area (Å²) in [6.07, 6.45) is 3.99. The lowest BCUT2D eigenvalue weighted by molar-refractivity contribution is -0.229. The third-order valence-electron chi connectivity index (χ3n) is 9.35. The molecule has 0 radical (unpaired) electrons. The van der Waals surface area contributed by atoms with Gasteiger partial charge in [-0.3, -0.25) is 0 Å². The Bertz CT molecular complexity index is 1220. The monoisotopic (exact) mass is 680 g/mol. The van der Waals surface area contributed by atoms with Crippen LogP contribution in [0, 0.1) is 41.0 Å². The summed E-state index contributed by atoms with van der Waals surface area (Å²) in [5, 5.41) is 0. The Morgan fingerprint density at radius 3 is 2.02 bits per heavy atom. The number of halogens is 8. The molecular weight excluding hydrogens is 636 g/mol. The number of unbranched alkanes of at least 4 members (excludes halogenated alkanes) is 2. The van der Waals surface area contributed by atoms with Gasteiger partial charge in [0.2, 0.25) is 6.86 Å². The van der Waals surface area contributed by atoms with Crippen LogP contribution < -0.4 is 9.47 Å². The fourth-order valence-corrected chi connectivity index (χ4v) is 6.57. The van der Waals surface area contributed by atoms with Crippen molar-refractivity contribution in [1.82, 2.24) is 0 Å². The van der Waals surface area contributed by atoms with Crippen LogP contribution in [-0.4, -0.2) is 38.6 Å². The maximum Gasteiger partial charge on any atom is 0.400 e. The molecule has 1 heterocycles. The van der Waals surface area contributed by atoms with E-state index in [9.17, 15) is 35.1 Å². The highest BCUT2D eigenvalue weighted by Gasteiger charge is 2.44. The summed E-state index contributed by atoms with van der Waals surface area (Å²) in [7, 11) is 0. The van der Waals surface area contributed by atoms with Crippen LogP contribution in [0.1, 0.15) is 95.5 Å². The minimum absolute atomic E-state index is 0.00421. The van der Waals surface area contributed by atoms with Crippen LogP contribution in [0.5, 0.6) is 11.5 Å². The first-order valence-electron chi connectivity index (χ1n) is 16.6. The van der Waals surface area contributed by atoms with Crippen LogP contribution in [0.25, 0.3) is 0 Å². The molecule has 2 aliphatic carbocycles. The molecule has 0 amide bonds. The molecule has 3 aliphatic rings. The molecule has 0 unspecified atom stereocenters. The predicted molar refractivity (Wildman–Crippen MR) is 160 cm³/mol. The van der Waals surface area contributed by atoms with E-state index in [1.807, 2.05) is 6.07 Å². The molecule has 47 heavy (non-hydrogen) atoms. The van der Waals surface area contributed by atoms with E-state index >= 15 is 0 Å². The molecule has 2 aromatic rings. The Hall–Kier alpha value is -2.60. The first-order valence-corrected chi connectivity index (χ1v) is 16.6. The average Bonchev–Trinajstić information content (AvgIpc) is 3.05. The molecule has 1 aliphatic heterocycles. The zero-order valence-corrected chi connectivity index (χ0v) is 26.6. The van der Waals surface area contributed by atoms with Crippen molar-refractivity contribution in [2.75, 3.05) is 20.1 Å². The summed E-state index contributed by atoms with van der Waals surface area (Å²) in [6.45, 7) is 2.84. The second-order valence-electron chi connectivity index (χ2n) is 12.8. The van der Waals surface area contributed by atoms with Gasteiger partial charge in [-0.05, 0) is 81.4 Å². The van der Waals surface area contributed by atoms with Crippen molar-refractivity contribution in [2.45, 2.75) is 108 Å². The largest absolute Gasteiger partial charge is 0.460 e. The normalized spacial score (nSPS) is 26.7. The lowest BCUT2D eigenvalue weighted by atomic mass is 9.78. The number of alkyl halides is 4. The molecular formula is C35H44F8O4. The number of ether oxygens (including phenoxy) is 4.